The maximum Gasteiger partial charge on any atom is -0.0129 e. The summed E-state index contributed by atoms with van der Waals surface area (Å²) in [5, 5.41) is 0. The maximum atomic E-state index is 2.57. The first-order valence-corrected chi connectivity index (χ1v) is 57.1. The first kappa shape index (κ1) is 121. The minimum atomic E-state index is 0.228. The van der Waals surface area contributed by atoms with E-state index in [4.69, 9.17) is 0 Å². The van der Waals surface area contributed by atoms with Crippen LogP contribution in [0.2, 0.25) is 0 Å². The van der Waals surface area contributed by atoms with Gasteiger partial charge in [-0.25, -0.2) is 0 Å². The second-order valence-electron chi connectivity index (χ2n) is 48.0. The molecule has 0 radical (unpaired) electrons. The average Bonchev–Trinajstić information content (AvgIpc) is 0.850. The lowest BCUT2D eigenvalue weighted by atomic mass is 9.82. The van der Waals surface area contributed by atoms with Crippen molar-refractivity contribution < 1.29 is 0 Å². The zero-order valence-electron chi connectivity index (χ0n) is 98.3. The van der Waals surface area contributed by atoms with Crippen LogP contribution in [0.15, 0.2) is 158 Å². The predicted molar refractivity (Wildman–Crippen MR) is 629 cm³/mol. The van der Waals surface area contributed by atoms with Crippen LogP contribution in [0.3, 0.4) is 0 Å². The fourth-order valence-electron chi connectivity index (χ4n) is 21.8. The lowest BCUT2D eigenvalue weighted by molar-refractivity contribution is 0.583. The van der Waals surface area contributed by atoms with Gasteiger partial charge in [0.25, 0.3) is 0 Å². The molecule has 0 saturated carbocycles. The number of rotatable bonds is 43. The fraction of sp³-hybridized carbons (Fsp3) is 0.571. The molecule has 0 amide bonds. The molecule has 0 aliphatic carbocycles. The highest BCUT2D eigenvalue weighted by Crippen LogP contribution is 2.39. The van der Waals surface area contributed by atoms with Crippen LogP contribution in [0.5, 0.6) is 0 Å². The maximum absolute atomic E-state index is 2.57. The Morgan fingerprint density at radius 3 is 0.557 bits per heavy atom. The summed E-state index contributed by atoms with van der Waals surface area (Å²) in [7, 11) is 0. The van der Waals surface area contributed by atoms with Crippen LogP contribution in [-0.2, 0) is 75.0 Å². The third-order valence-corrected chi connectivity index (χ3v) is 32.1. The van der Waals surface area contributed by atoms with Gasteiger partial charge in [0.15, 0.2) is 0 Å². The summed E-state index contributed by atoms with van der Waals surface area (Å²) in [6.45, 7) is 92.4. The molecule has 6 atom stereocenters. The molecule has 0 aromatic heterocycles. The van der Waals surface area contributed by atoms with E-state index in [2.05, 4.69) is 435 Å². The van der Waals surface area contributed by atoms with E-state index in [1.54, 1.807) is 66.8 Å². The second-order valence-corrected chi connectivity index (χ2v) is 48.0. The molecule has 0 fully saturated rings. The van der Waals surface area contributed by atoms with E-state index in [0.717, 1.165) is 0 Å². The molecule has 0 bridgehead atoms. The van der Waals surface area contributed by atoms with Crippen molar-refractivity contribution in [2.75, 3.05) is 0 Å². The second kappa shape index (κ2) is 59.0. The van der Waals surface area contributed by atoms with Gasteiger partial charge in [-0.05, 0) is 507 Å². The van der Waals surface area contributed by atoms with Crippen LogP contribution in [0.1, 0.15) is 571 Å². The van der Waals surface area contributed by atoms with E-state index in [0.29, 0.717) is 71.0 Å². The summed E-state index contributed by atoms with van der Waals surface area (Å²) in [4.78, 5) is 0. The Morgan fingerprint density at radius 1 is 0.164 bits per heavy atom. The molecular formula is C140H210. The van der Waals surface area contributed by atoms with Gasteiger partial charge in [0.2, 0.25) is 0 Å². The molecule has 0 saturated heterocycles. The predicted octanol–water partition coefficient (Wildman–Crippen LogP) is 42.8. The number of benzene rings is 10. The standard InChI is InChI=1S/C34H54.C30H46.2C26H38.C24H34/c1-11-23(5)31-21-29(33(19-27(31)9)25(7)13-3)17-15-16-18-30-22-32(24(6)12-2)28(10)20-34(30)26(8)14-4;1-19(2)27-17-25(29(21(5)6)15-23(27)9)13-11-12-14-26-18-28(20(3)4)24(10)16-30(26)22(7)8;1-19-13-15-21(17-23(19)25(3,4)5)11-9-10-12-22-16-14-20(2)24(18-22)26(6,7)8;1-7-19(3)25-17-23(15-13-21(25)5)11-9-10-12-24-16-14-22(6)26(18-24)20(4)8-2;1-17(2)23-15-21(13-11-19(23)5)9-7-8-10-22-14-12-20(6)24(16-22)18(3)4/h19-26H,11-18H2,1-10H3;15-22H,11-14H2,1-10H3;13-18H,9-12H2,1-8H3;13-20H,7-12H2,1-6H3;11-18H,7-10H2,1-6H3. The molecule has 0 nitrogen and oxygen atoms in total. The molecule has 10 aromatic carbocycles. The quantitative estimate of drug-likeness (QED) is 0.0334. The normalized spacial score (nSPS) is 13.1. The lowest BCUT2D eigenvalue weighted by Crippen LogP contribution is -2.13. The molecule has 140 heavy (non-hydrogen) atoms. The van der Waals surface area contributed by atoms with Gasteiger partial charge in [0, 0.05) is 0 Å². The van der Waals surface area contributed by atoms with Gasteiger partial charge >= 0.3 is 0 Å². The van der Waals surface area contributed by atoms with Crippen molar-refractivity contribution in [3.8, 4) is 0 Å². The van der Waals surface area contributed by atoms with Gasteiger partial charge in [-0.1, -0.05) is 365 Å². The van der Waals surface area contributed by atoms with E-state index in [9.17, 15) is 0 Å². The van der Waals surface area contributed by atoms with Crippen molar-refractivity contribution in [1.82, 2.24) is 0 Å². The summed E-state index contributed by atoms with van der Waals surface area (Å²) in [5.74, 6) is 7.54. The van der Waals surface area contributed by atoms with Crippen molar-refractivity contribution >= 4 is 0 Å². The summed E-state index contributed by atoms with van der Waals surface area (Å²) in [6.07, 6.45) is 32.0. The van der Waals surface area contributed by atoms with Gasteiger partial charge in [-0.15, -0.1) is 0 Å². The molecule has 0 aliphatic heterocycles. The summed E-state index contributed by atoms with van der Waals surface area (Å²) in [6, 6.07) is 62.4. The van der Waals surface area contributed by atoms with Crippen molar-refractivity contribution in [1.29, 1.82) is 0 Å². The smallest absolute Gasteiger partial charge is 0.0129 e. The molecule has 0 heterocycles. The van der Waals surface area contributed by atoms with Gasteiger partial charge in [-0.2, -0.15) is 0 Å². The van der Waals surface area contributed by atoms with Crippen LogP contribution in [0, 0.1) is 69.2 Å². The molecule has 6 unspecified atom stereocenters. The van der Waals surface area contributed by atoms with Crippen LogP contribution in [0.25, 0.3) is 0 Å². The Morgan fingerprint density at radius 2 is 0.329 bits per heavy atom. The number of unbranched alkanes of at least 4 members (excludes halogenated alkanes) is 5. The first-order chi connectivity index (χ1) is 66.0. The third kappa shape index (κ3) is 37.4. The lowest BCUT2D eigenvalue weighted by Gasteiger charge is -2.23. The minimum absolute atomic E-state index is 0.228. The molecule has 10 rings (SSSR count). The summed E-state index contributed by atoms with van der Waals surface area (Å²) < 4.78 is 0. The molecule has 0 spiro atoms. The van der Waals surface area contributed by atoms with E-state index in [-0.39, 0.29) is 10.8 Å². The van der Waals surface area contributed by atoms with Crippen LogP contribution in [0.4, 0.5) is 0 Å². The fourth-order valence-corrected chi connectivity index (χ4v) is 21.8. The Kier molecular flexibility index (Phi) is 50.9. The molecule has 0 aliphatic rings. The van der Waals surface area contributed by atoms with Crippen molar-refractivity contribution in [2.24, 2.45) is 0 Å². The average molecular weight is 1890 g/mol. The molecule has 10 aromatic rings. The van der Waals surface area contributed by atoms with Crippen LogP contribution in [-0.4, -0.2) is 0 Å². The highest BCUT2D eigenvalue weighted by Gasteiger charge is 2.24. The third-order valence-electron chi connectivity index (χ3n) is 32.1. The number of hydrogen-bond donors (Lipinski definition) is 0. The van der Waals surface area contributed by atoms with Gasteiger partial charge in [0.05, 0.1) is 0 Å². The molecule has 770 valence electrons. The van der Waals surface area contributed by atoms with E-state index < -0.39 is 0 Å². The number of hydrogen-bond acceptors (Lipinski definition) is 0. The highest BCUT2D eigenvalue weighted by molar-refractivity contribution is 5.48. The van der Waals surface area contributed by atoms with E-state index in [1.807, 2.05) is 0 Å². The van der Waals surface area contributed by atoms with Gasteiger partial charge in [-0.3, -0.25) is 0 Å². The minimum Gasteiger partial charge on any atom is -0.0648 e. The Bertz CT molecular complexity index is 5040. The SMILES string of the molecule is CCC(C)c1cc(CCCCc2cc(C(C)CC)c(C)cc2C(C)CC)c(C(C)CC)cc1C.CCC(C)c1cc(CCCCc2ccc(C)c(C(C)CC)c2)ccc1C.Cc1cc(C(C)C)c(CCCCc2cc(C(C)C)c(C)cc2C(C)C)cc1C(C)C.Cc1ccc(CCCCc2ccc(C)c(C(C)(C)C)c2)cc1C(C)(C)C.Cc1ccc(CCCCc2ccc(C)c(C(C)C)c2)cc1C(C)C. The van der Waals surface area contributed by atoms with Crippen molar-refractivity contribution in [3.05, 3.63) is 347 Å². The van der Waals surface area contributed by atoms with Crippen molar-refractivity contribution in [3.63, 3.8) is 0 Å². The highest BCUT2D eigenvalue weighted by atomic mass is 14.3. The molecular weight excluding hydrogens is 1680 g/mol. The van der Waals surface area contributed by atoms with Crippen LogP contribution >= 0.6 is 0 Å². The van der Waals surface area contributed by atoms with Gasteiger partial charge in [0.1, 0.15) is 0 Å². The monoisotopic (exact) mass is 1890 g/mol. The molecule has 0 N–H and O–H groups in total. The van der Waals surface area contributed by atoms with Crippen molar-refractivity contribution in [2.45, 2.75) is 526 Å². The largest absolute Gasteiger partial charge is 0.0648 e. The number of aryl methyl sites for hydroxylation is 20. The first-order valence-electron chi connectivity index (χ1n) is 57.1. The van der Waals surface area contributed by atoms with E-state index in [1.165, 1.54) is 289 Å². The van der Waals surface area contributed by atoms with Crippen LogP contribution < -0.4 is 0 Å². The van der Waals surface area contributed by atoms with Gasteiger partial charge < -0.3 is 0 Å². The Labute approximate surface area is 866 Å². The summed E-state index contributed by atoms with van der Waals surface area (Å²) in [5.41, 5.74) is 51.9. The Balaban J connectivity index is 0.000000270. The Hall–Kier alpha value is -7.80. The zero-order valence-corrected chi connectivity index (χ0v) is 98.3. The van der Waals surface area contributed by atoms with E-state index >= 15 is 0 Å². The topological polar surface area (TPSA) is 0 Å². The molecule has 0 heteroatoms. The summed E-state index contributed by atoms with van der Waals surface area (Å²) >= 11 is 0. The zero-order chi connectivity index (χ0) is 104.